The van der Waals surface area contributed by atoms with Crippen molar-refractivity contribution in [2.75, 3.05) is 6.61 Å². The molecule has 2 aliphatic rings. The molecule has 0 saturated heterocycles. The molecule has 2 fully saturated rings. The summed E-state index contributed by atoms with van der Waals surface area (Å²) in [5.74, 6) is -2.91. The normalized spacial score (nSPS) is 29.9. The Kier molecular flexibility index (Phi) is 9.00. The van der Waals surface area contributed by atoms with E-state index in [0.717, 1.165) is 50.2 Å². The number of alkyl halides is 2. The molecule has 0 amide bonds. The molecular formula is C26H48F2O2Si. The van der Waals surface area contributed by atoms with Crippen molar-refractivity contribution in [1.29, 1.82) is 0 Å². The Hall–Kier alpha value is -0.263. The maximum Gasteiger partial charge on any atom is 0.251 e. The van der Waals surface area contributed by atoms with Crippen molar-refractivity contribution in [3.63, 3.8) is 0 Å². The van der Waals surface area contributed by atoms with E-state index < -0.39 is 25.8 Å². The highest BCUT2D eigenvalue weighted by molar-refractivity contribution is 6.73. The van der Waals surface area contributed by atoms with Crippen LogP contribution in [-0.2, 0) is 4.43 Å². The van der Waals surface area contributed by atoms with Gasteiger partial charge in [0.2, 0.25) is 0 Å². The van der Waals surface area contributed by atoms with Gasteiger partial charge in [-0.1, -0.05) is 46.3 Å². The van der Waals surface area contributed by atoms with Crippen LogP contribution in [0.15, 0.2) is 11.6 Å². The van der Waals surface area contributed by atoms with Crippen LogP contribution in [0.3, 0.4) is 0 Å². The Morgan fingerprint density at radius 1 is 1.16 bits per heavy atom. The molecular weight excluding hydrogens is 410 g/mol. The molecule has 182 valence electrons. The number of aliphatic hydroxyl groups is 1. The van der Waals surface area contributed by atoms with Crippen LogP contribution in [0.1, 0.15) is 93.4 Å². The van der Waals surface area contributed by atoms with Crippen LogP contribution < -0.4 is 0 Å². The lowest BCUT2D eigenvalue weighted by atomic mass is 9.60. The smallest absolute Gasteiger partial charge is 0.251 e. The average Bonchev–Trinajstić information content (AvgIpc) is 3.08. The second-order valence-corrected chi connectivity index (χ2v) is 15.9. The monoisotopic (exact) mass is 458 g/mol. The number of aliphatic hydroxyl groups excluding tert-OH is 1. The second kappa shape index (κ2) is 10.3. The number of halogens is 2. The molecule has 4 atom stereocenters. The fraction of sp³-hybridized carbons (Fsp3) is 0.923. The third kappa shape index (κ3) is 5.81. The molecule has 31 heavy (non-hydrogen) atoms. The van der Waals surface area contributed by atoms with Gasteiger partial charge in [0.15, 0.2) is 8.32 Å². The third-order valence-corrected chi connectivity index (χ3v) is 14.0. The predicted molar refractivity (Wildman–Crippen MR) is 129 cm³/mol. The Labute approximate surface area is 191 Å². The van der Waals surface area contributed by atoms with Gasteiger partial charge in [-0.05, 0) is 87.8 Å². The average molecular weight is 459 g/mol. The van der Waals surface area contributed by atoms with Gasteiger partial charge in [-0.15, -0.1) is 0 Å². The lowest BCUT2D eigenvalue weighted by molar-refractivity contribution is -0.110. The maximum absolute atomic E-state index is 15.6. The van der Waals surface area contributed by atoms with Gasteiger partial charge >= 0.3 is 0 Å². The molecule has 0 heterocycles. The van der Waals surface area contributed by atoms with Crippen molar-refractivity contribution in [1.82, 2.24) is 0 Å². The molecule has 0 aromatic rings. The van der Waals surface area contributed by atoms with Gasteiger partial charge < -0.3 is 9.53 Å². The van der Waals surface area contributed by atoms with Crippen molar-refractivity contribution in [3.8, 4) is 0 Å². The van der Waals surface area contributed by atoms with Gasteiger partial charge in [0.1, 0.15) is 0 Å². The van der Waals surface area contributed by atoms with E-state index in [1.54, 1.807) is 6.92 Å². The molecule has 2 aliphatic carbocycles. The standard InChI is InChI=1S/C26H48F2O2Si/c1-8-31(9-2,10-3)30-24(5,6)17-18-26(27,28)20(4)22-13-14-23-21(15-19-29)12-11-16-25(22,23)7/h15,20,22-23,29H,8-14,16-19H2,1-7H3/b21-15+/t20?,22-,23+,25-/m1/s1. The van der Waals surface area contributed by atoms with E-state index in [2.05, 4.69) is 27.7 Å². The van der Waals surface area contributed by atoms with Crippen molar-refractivity contribution in [2.45, 2.75) is 123 Å². The number of hydrogen-bond donors (Lipinski definition) is 1. The van der Waals surface area contributed by atoms with Crippen molar-refractivity contribution in [2.24, 2.45) is 23.2 Å². The molecule has 0 spiro atoms. The minimum atomic E-state index is -2.68. The fourth-order valence-corrected chi connectivity index (χ4v) is 10.1. The van der Waals surface area contributed by atoms with E-state index in [4.69, 9.17) is 4.43 Å². The minimum absolute atomic E-state index is 0.0364. The largest absolute Gasteiger partial charge is 0.412 e. The quantitative estimate of drug-likeness (QED) is 0.251. The number of allylic oxidation sites excluding steroid dienone is 1. The van der Waals surface area contributed by atoms with Gasteiger partial charge in [0.05, 0.1) is 12.2 Å². The van der Waals surface area contributed by atoms with Gasteiger partial charge in [-0.25, -0.2) is 8.78 Å². The predicted octanol–water partition coefficient (Wildman–Crippen LogP) is 7.97. The summed E-state index contributed by atoms with van der Waals surface area (Å²) in [7, 11) is -1.82. The van der Waals surface area contributed by atoms with Crippen molar-refractivity contribution < 1.29 is 18.3 Å². The molecule has 0 aromatic heterocycles. The summed E-state index contributed by atoms with van der Waals surface area (Å²) in [6.45, 7) is 14.7. The number of fused-ring (bicyclic) bond motifs is 1. The first-order valence-electron chi connectivity index (χ1n) is 12.8. The van der Waals surface area contributed by atoms with E-state index in [1.807, 2.05) is 19.9 Å². The van der Waals surface area contributed by atoms with E-state index in [-0.39, 0.29) is 24.4 Å². The molecule has 0 bridgehead atoms. The molecule has 2 rings (SSSR count). The van der Waals surface area contributed by atoms with Gasteiger partial charge in [0, 0.05) is 12.3 Å². The van der Waals surface area contributed by atoms with Crippen LogP contribution in [0, 0.1) is 23.2 Å². The van der Waals surface area contributed by atoms with Crippen LogP contribution in [0.4, 0.5) is 8.78 Å². The second-order valence-electron chi connectivity index (χ2n) is 11.2. The van der Waals surface area contributed by atoms with Crippen LogP contribution in [-0.4, -0.2) is 31.6 Å². The van der Waals surface area contributed by atoms with Gasteiger partial charge in [-0.2, -0.15) is 0 Å². The summed E-state index contributed by atoms with van der Waals surface area (Å²) >= 11 is 0. The summed E-state index contributed by atoms with van der Waals surface area (Å²) in [4.78, 5) is 0. The molecule has 5 heteroatoms. The molecule has 1 N–H and O–H groups in total. The lowest BCUT2D eigenvalue weighted by Gasteiger charge is -2.46. The summed E-state index contributed by atoms with van der Waals surface area (Å²) in [6.07, 6.45) is 7.20. The van der Waals surface area contributed by atoms with Crippen LogP contribution >= 0.6 is 0 Å². The Bertz CT molecular complexity index is 606. The van der Waals surface area contributed by atoms with Gasteiger partial charge in [-0.3, -0.25) is 0 Å². The van der Waals surface area contributed by atoms with Crippen LogP contribution in [0.25, 0.3) is 0 Å². The highest BCUT2D eigenvalue weighted by Gasteiger charge is 2.55. The van der Waals surface area contributed by atoms with Crippen LogP contribution in [0.5, 0.6) is 0 Å². The van der Waals surface area contributed by atoms with E-state index in [0.29, 0.717) is 12.3 Å². The molecule has 0 aliphatic heterocycles. The number of rotatable bonds is 11. The molecule has 0 aromatic carbocycles. The first kappa shape index (κ1) is 27.0. The Balaban J connectivity index is 2.09. The summed E-state index contributed by atoms with van der Waals surface area (Å²) in [6, 6.07) is 3.13. The van der Waals surface area contributed by atoms with E-state index in [1.165, 1.54) is 5.57 Å². The lowest BCUT2D eigenvalue weighted by Crippen LogP contribution is -2.46. The summed E-state index contributed by atoms with van der Waals surface area (Å²) < 4.78 is 37.7. The fourth-order valence-electron chi connectivity index (χ4n) is 6.86. The third-order valence-electron chi connectivity index (χ3n) is 9.15. The first-order chi connectivity index (χ1) is 14.4. The van der Waals surface area contributed by atoms with Crippen molar-refractivity contribution in [3.05, 3.63) is 11.6 Å². The zero-order valence-electron chi connectivity index (χ0n) is 21.2. The Morgan fingerprint density at radius 3 is 2.32 bits per heavy atom. The summed E-state index contributed by atoms with van der Waals surface area (Å²) in [5, 5.41) is 9.40. The zero-order chi connectivity index (χ0) is 23.5. The molecule has 2 saturated carbocycles. The molecule has 1 unspecified atom stereocenters. The molecule has 2 nitrogen and oxygen atoms in total. The topological polar surface area (TPSA) is 29.5 Å². The van der Waals surface area contributed by atoms with Crippen LogP contribution in [0.2, 0.25) is 18.1 Å². The van der Waals surface area contributed by atoms with Crippen molar-refractivity contribution >= 4 is 8.32 Å². The SMILES string of the molecule is CC[Si](CC)(CC)OC(C)(C)CCC(F)(F)C(C)[C@H]1CC[C@H]2/C(=C/CO)CCC[C@]12C. The first-order valence-corrected chi connectivity index (χ1v) is 15.3. The minimum Gasteiger partial charge on any atom is -0.412 e. The van der Waals surface area contributed by atoms with E-state index in [9.17, 15) is 5.11 Å². The Morgan fingerprint density at radius 2 is 1.77 bits per heavy atom. The number of hydrogen-bond acceptors (Lipinski definition) is 2. The summed E-state index contributed by atoms with van der Waals surface area (Å²) in [5.41, 5.74) is 0.744. The maximum atomic E-state index is 15.6. The zero-order valence-corrected chi connectivity index (χ0v) is 22.2. The highest BCUT2D eigenvalue weighted by atomic mass is 28.4. The molecule has 0 radical (unpaired) electrons. The van der Waals surface area contributed by atoms with Gasteiger partial charge in [0.25, 0.3) is 5.92 Å². The van der Waals surface area contributed by atoms with E-state index >= 15 is 8.78 Å². The highest BCUT2D eigenvalue weighted by Crippen LogP contribution is 2.61.